The molecule has 19 heavy (non-hydrogen) atoms. The van der Waals surface area contributed by atoms with Crippen LogP contribution in [0.1, 0.15) is 44.0 Å². The van der Waals surface area contributed by atoms with E-state index in [0.29, 0.717) is 17.1 Å². The predicted octanol–water partition coefficient (Wildman–Crippen LogP) is 3.11. The number of benzene rings is 1. The average Bonchev–Trinajstić information content (AvgIpc) is 3.18. The highest BCUT2D eigenvalue weighted by Gasteiger charge is 2.48. The quantitative estimate of drug-likeness (QED) is 0.891. The number of rotatable bonds is 5. The molecule has 3 nitrogen and oxygen atoms in total. The van der Waals surface area contributed by atoms with Gasteiger partial charge in [-0.1, -0.05) is 0 Å². The Morgan fingerprint density at radius 2 is 1.84 bits per heavy atom. The third-order valence-corrected chi connectivity index (χ3v) is 4.17. The monoisotopic (exact) mass is 267 g/mol. The Bertz CT molecular complexity index is 467. The smallest absolute Gasteiger partial charge is 0.166 e. The van der Waals surface area contributed by atoms with Crippen LogP contribution in [0.2, 0.25) is 0 Å². The van der Waals surface area contributed by atoms with Crippen LogP contribution in [-0.2, 0) is 5.41 Å². The lowest BCUT2D eigenvalue weighted by Gasteiger charge is -2.23. The van der Waals surface area contributed by atoms with Crippen molar-refractivity contribution in [3.8, 4) is 11.5 Å². The van der Waals surface area contributed by atoms with Gasteiger partial charge in [0.1, 0.15) is 6.17 Å². The van der Waals surface area contributed by atoms with E-state index in [4.69, 9.17) is 15.2 Å². The molecule has 1 aromatic carbocycles. The van der Waals surface area contributed by atoms with Crippen molar-refractivity contribution >= 4 is 0 Å². The fraction of sp³-hybridized carbons (Fsp3) is 0.600. The van der Waals surface area contributed by atoms with Crippen LogP contribution in [-0.4, -0.2) is 20.3 Å². The number of methoxy groups -OCH3 is 2. The summed E-state index contributed by atoms with van der Waals surface area (Å²) in [6.07, 6.45) is 0.980. The van der Waals surface area contributed by atoms with Gasteiger partial charge in [0.15, 0.2) is 11.5 Å². The predicted molar refractivity (Wildman–Crippen MR) is 73.6 cm³/mol. The van der Waals surface area contributed by atoms with Gasteiger partial charge < -0.3 is 15.2 Å². The summed E-state index contributed by atoms with van der Waals surface area (Å²) in [5.41, 5.74) is 7.65. The summed E-state index contributed by atoms with van der Waals surface area (Å²) in [6.45, 7) is 3.51. The van der Waals surface area contributed by atoms with Crippen molar-refractivity contribution in [2.45, 2.75) is 44.3 Å². The van der Waals surface area contributed by atoms with Gasteiger partial charge >= 0.3 is 0 Å². The molecule has 2 N–H and O–H groups in total. The topological polar surface area (TPSA) is 44.5 Å². The van der Waals surface area contributed by atoms with Crippen molar-refractivity contribution in [3.05, 3.63) is 23.3 Å². The normalized spacial score (nSPS) is 19.7. The number of hydrogen-bond acceptors (Lipinski definition) is 3. The zero-order chi connectivity index (χ0) is 14.2. The highest BCUT2D eigenvalue weighted by atomic mass is 19.1. The van der Waals surface area contributed by atoms with Gasteiger partial charge in [-0.15, -0.1) is 0 Å². The molecule has 0 aromatic heterocycles. The van der Waals surface area contributed by atoms with Gasteiger partial charge in [0.05, 0.1) is 14.2 Å². The van der Waals surface area contributed by atoms with Crippen LogP contribution in [0.4, 0.5) is 4.39 Å². The maximum atomic E-state index is 13.8. The van der Waals surface area contributed by atoms with E-state index in [1.165, 1.54) is 14.0 Å². The van der Waals surface area contributed by atoms with Crippen LogP contribution in [0, 0.1) is 0 Å². The third-order valence-electron chi connectivity index (χ3n) is 4.17. The maximum Gasteiger partial charge on any atom is 0.166 e. The fourth-order valence-corrected chi connectivity index (χ4v) is 2.72. The minimum absolute atomic E-state index is 0.0246. The molecule has 0 amide bonds. The molecule has 106 valence electrons. The lowest BCUT2D eigenvalue weighted by molar-refractivity contribution is 0.323. The van der Waals surface area contributed by atoms with Gasteiger partial charge in [0, 0.05) is 17.0 Å². The highest BCUT2D eigenvalue weighted by Crippen LogP contribution is 2.53. The van der Waals surface area contributed by atoms with E-state index in [2.05, 4.69) is 0 Å². The summed E-state index contributed by atoms with van der Waals surface area (Å²) in [4.78, 5) is 0. The minimum Gasteiger partial charge on any atom is -0.493 e. The van der Waals surface area contributed by atoms with E-state index >= 15 is 0 Å². The second kappa shape index (κ2) is 5.00. The molecule has 1 aromatic rings. The van der Waals surface area contributed by atoms with Crippen LogP contribution >= 0.6 is 0 Å². The van der Waals surface area contributed by atoms with Gasteiger partial charge in [0.2, 0.25) is 0 Å². The molecule has 0 spiro atoms. The molecule has 0 saturated heterocycles. The summed E-state index contributed by atoms with van der Waals surface area (Å²) in [6, 6.07) is 3.86. The van der Waals surface area contributed by atoms with Gasteiger partial charge in [-0.3, -0.25) is 0 Å². The van der Waals surface area contributed by atoms with Gasteiger partial charge in [-0.05, 0) is 44.4 Å². The molecule has 1 aliphatic rings. The fourth-order valence-electron chi connectivity index (χ4n) is 2.72. The SMILES string of the molecule is COc1cc(C2(C(C)N)CC2)cc(C(C)F)c1OC. The molecule has 0 aliphatic heterocycles. The van der Waals surface area contributed by atoms with Crippen LogP contribution in [0.5, 0.6) is 11.5 Å². The molecular weight excluding hydrogens is 245 g/mol. The molecular formula is C15H22FNO2. The highest BCUT2D eigenvalue weighted by molar-refractivity contribution is 5.53. The molecule has 0 bridgehead atoms. The van der Waals surface area contributed by atoms with Gasteiger partial charge in [0.25, 0.3) is 0 Å². The van der Waals surface area contributed by atoms with Crippen molar-refractivity contribution < 1.29 is 13.9 Å². The summed E-state index contributed by atoms with van der Waals surface area (Å²) >= 11 is 0. The second-order valence-electron chi connectivity index (χ2n) is 5.36. The number of nitrogens with two attached hydrogens (primary N) is 1. The van der Waals surface area contributed by atoms with Crippen molar-refractivity contribution in [3.63, 3.8) is 0 Å². The molecule has 0 heterocycles. The lowest BCUT2D eigenvalue weighted by atomic mass is 9.87. The molecule has 4 heteroatoms. The number of alkyl halides is 1. The van der Waals surface area contributed by atoms with E-state index in [1.54, 1.807) is 7.11 Å². The van der Waals surface area contributed by atoms with Crippen LogP contribution in [0.3, 0.4) is 0 Å². The first-order valence-electron chi connectivity index (χ1n) is 6.62. The number of halogens is 1. The molecule has 2 atom stereocenters. The first-order valence-corrected chi connectivity index (χ1v) is 6.62. The van der Waals surface area contributed by atoms with Gasteiger partial charge in [-0.25, -0.2) is 4.39 Å². The molecule has 2 rings (SSSR count). The summed E-state index contributed by atoms with van der Waals surface area (Å²) in [5, 5.41) is 0. The largest absolute Gasteiger partial charge is 0.493 e. The molecule has 0 radical (unpaired) electrons. The molecule has 1 fully saturated rings. The van der Waals surface area contributed by atoms with Gasteiger partial charge in [-0.2, -0.15) is 0 Å². The Balaban J connectivity index is 2.56. The number of ether oxygens (including phenoxy) is 2. The molecule has 2 unspecified atom stereocenters. The average molecular weight is 267 g/mol. The van der Waals surface area contributed by atoms with Crippen LogP contribution in [0.15, 0.2) is 12.1 Å². The zero-order valence-corrected chi connectivity index (χ0v) is 12.0. The van der Waals surface area contributed by atoms with Crippen LogP contribution in [0.25, 0.3) is 0 Å². The van der Waals surface area contributed by atoms with Crippen molar-refractivity contribution in [1.82, 2.24) is 0 Å². The third kappa shape index (κ3) is 2.29. The second-order valence-corrected chi connectivity index (χ2v) is 5.36. The summed E-state index contributed by atoms with van der Waals surface area (Å²) in [5.74, 6) is 1.05. The molecule has 1 aliphatic carbocycles. The Labute approximate surface area is 113 Å². The zero-order valence-electron chi connectivity index (χ0n) is 12.0. The Morgan fingerprint density at radius 3 is 2.21 bits per heavy atom. The van der Waals surface area contributed by atoms with E-state index in [-0.39, 0.29) is 11.5 Å². The van der Waals surface area contributed by atoms with E-state index in [0.717, 1.165) is 18.4 Å². The van der Waals surface area contributed by atoms with Crippen molar-refractivity contribution in [1.29, 1.82) is 0 Å². The van der Waals surface area contributed by atoms with E-state index in [9.17, 15) is 4.39 Å². The Hall–Kier alpha value is -1.29. The Morgan fingerprint density at radius 1 is 1.21 bits per heavy atom. The summed E-state index contributed by atoms with van der Waals surface area (Å²) < 4.78 is 24.4. The maximum absolute atomic E-state index is 13.8. The Kier molecular flexibility index (Phi) is 3.72. The molecule has 1 saturated carbocycles. The lowest BCUT2D eigenvalue weighted by Crippen LogP contribution is -2.31. The van der Waals surface area contributed by atoms with Crippen molar-refractivity contribution in [2.24, 2.45) is 5.73 Å². The first kappa shape index (κ1) is 14.1. The summed E-state index contributed by atoms with van der Waals surface area (Å²) in [7, 11) is 3.10. The van der Waals surface area contributed by atoms with E-state index < -0.39 is 6.17 Å². The standard InChI is InChI=1S/C15H22FNO2/c1-9(16)12-7-11(15(5-6-15)10(2)17)8-13(18-3)14(12)19-4/h7-10H,5-6,17H2,1-4H3. The van der Waals surface area contributed by atoms with E-state index in [1.807, 2.05) is 19.1 Å². The first-order chi connectivity index (χ1) is 8.96. The minimum atomic E-state index is -1.10. The van der Waals surface area contributed by atoms with Crippen LogP contribution < -0.4 is 15.2 Å². The number of hydrogen-bond donors (Lipinski definition) is 1. The van der Waals surface area contributed by atoms with Crippen molar-refractivity contribution in [2.75, 3.05) is 14.2 Å².